The second-order valence-electron chi connectivity index (χ2n) is 8.06. The molecule has 1 aromatic heterocycles. The molecular weight excluding hydrogens is 454 g/mol. The maximum absolute atomic E-state index is 13.0. The predicted molar refractivity (Wildman–Crippen MR) is 142 cm³/mol. The number of hydrogen-bond donors (Lipinski definition) is 1. The van der Waals surface area contributed by atoms with Gasteiger partial charge in [-0.05, 0) is 55.3 Å². The van der Waals surface area contributed by atoms with Gasteiger partial charge >= 0.3 is 0 Å². The van der Waals surface area contributed by atoms with Gasteiger partial charge in [-0.25, -0.2) is 4.98 Å². The Kier molecular flexibility index (Phi) is 7.49. The number of hydrogen-bond acceptors (Lipinski definition) is 5. The zero-order valence-corrected chi connectivity index (χ0v) is 20.6. The summed E-state index contributed by atoms with van der Waals surface area (Å²) in [4.78, 5) is 17.8. The summed E-state index contributed by atoms with van der Waals surface area (Å²) in [5.41, 5.74) is 5.56. The van der Waals surface area contributed by atoms with Gasteiger partial charge in [-0.1, -0.05) is 66.4 Å². The molecule has 5 nitrogen and oxygen atoms in total. The zero-order chi connectivity index (χ0) is 24.8. The average molecular weight is 480 g/mol. The number of rotatable bonds is 7. The van der Waals surface area contributed by atoms with Crippen molar-refractivity contribution in [2.75, 3.05) is 12.4 Å². The van der Waals surface area contributed by atoms with E-state index < -0.39 is 5.25 Å². The quantitative estimate of drug-likeness (QED) is 0.298. The van der Waals surface area contributed by atoms with Crippen LogP contribution in [0.3, 0.4) is 0 Å². The van der Waals surface area contributed by atoms with Crippen molar-refractivity contribution in [1.82, 2.24) is 4.98 Å². The van der Waals surface area contributed by atoms with Crippen LogP contribution in [0.2, 0.25) is 0 Å². The van der Waals surface area contributed by atoms with Crippen LogP contribution in [0.5, 0.6) is 5.75 Å². The third kappa shape index (κ3) is 5.71. The SMILES string of the molecule is COc1ccc(-c2cc(-c3ccccc3)nc(SC(C)C(=O)Nc3cccc(C)c3)c2C#N)cc1. The standard InChI is InChI=1S/C29H25N3O2S/c1-19-8-7-11-23(16-19)31-28(33)20(2)35-29-26(18-30)25(21-12-14-24(34-3)15-13-21)17-27(32-29)22-9-5-4-6-10-22/h4-17,20H,1-3H3,(H,31,33). The summed E-state index contributed by atoms with van der Waals surface area (Å²) < 4.78 is 5.29. The fourth-order valence-electron chi connectivity index (χ4n) is 3.66. The van der Waals surface area contributed by atoms with Crippen molar-refractivity contribution in [3.8, 4) is 34.2 Å². The third-order valence-electron chi connectivity index (χ3n) is 5.51. The van der Waals surface area contributed by atoms with E-state index in [4.69, 9.17) is 9.72 Å². The molecule has 174 valence electrons. The number of aromatic nitrogens is 1. The smallest absolute Gasteiger partial charge is 0.237 e. The first-order valence-corrected chi connectivity index (χ1v) is 12.1. The number of aryl methyl sites for hydroxylation is 1. The van der Waals surface area contributed by atoms with Crippen molar-refractivity contribution in [2.24, 2.45) is 0 Å². The lowest BCUT2D eigenvalue weighted by Gasteiger charge is -2.16. The van der Waals surface area contributed by atoms with E-state index in [1.165, 1.54) is 11.8 Å². The monoisotopic (exact) mass is 479 g/mol. The highest BCUT2D eigenvalue weighted by Crippen LogP contribution is 2.36. The molecule has 0 fully saturated rings. The van der Waals surface area contributed by atoms with Crippen molar-refractivity contribution in [2.45, 2.75) is 24.1 Å². The van der Waals surface area contributed by atoms with Crippen LogP contribution in [0.1, 0.15) is 18.1 Å². The fraction of sp³-hybridized carbons (Fsp3) is 0.138. The molecule has 4 rings (SSSR count). The first-order chi connectivity index (χ1) is 17.0. The van der Waals surface area contributed by atoms with Crippen molar-refractivity contribution in [3.05, 3.63) is 96.1 Å². The van der Waals surface area contributed by atoms with Crippen LogP contribution in [0.15, 0.2) is 90.0 Å². The summed E-state index contributed by atoms with van der Waals surface area (Å²) in [6.07, 6.45) is 0. The molecule has 4 aromatic rings. The summed E-state index contributed by atoms with van der Waals surface area (Å²) >= 11 is 1.28. The molecule has 0 spiro atoms. The third-order valence-corrected chi connectivity index (χ3v) is 6.60. The van der Waals surface area contributed by atoms with Gasteiger partial charge in [0.1, 0.15) is 16.8 Å². The lowest BCUT2D eigenvalue weighted by atomic mass is 9.99. The fourth-order valence-corrected chi connectivity index (χ4v) is 4.58. The number of ether oxygens (including phenoxy) is 1. The Morgan fingerprint density at radius 2 is 1.74 bits per heavy atom. The van der Waals surface area contributed by atoms with Gasteiger partial charge < -0.3 is 10.1 Å². The van der Waals surface area contributed by atoms with Crippen LogP contribution in [0, 0.1) is 18.3 Å². The van der Waals surface area contributed by atoms with Crippen LogP contribution in [0.4, 0.5) is 5.69 Å². The molecule has 1 N–H and O–H groups in total. The lowest BCUT2D eigenvalue weighted by molar-refractivity contribution is -0.115. The first kappa shape index (κ1) is 24.1. The van der Waals surface area contributed by atoms with E-state index in [2.05, 4.69) is 11.4 Å². The number of nitrogens with one attached hydrogen (secondary N) is 1. The highest BCUT2D eigenvalue weighted by Gasteiger charge is 2.21. The van der Waals surface area contributed by atoms with Crippen molar-refractivity contribution < 1.29 is 9.53 Å². The summed E-state index contributed by atoms with van der Waals surface area (Å²) in [7, 11) is 1.62. The molecule has 1 amide bonds. The van der Waals surface area contributed by atoms with Crippen LogP contribution in [0.25, 0.3) is 22.4 Å². The van der Waals surface area contributed by atoms with E-state index in [1.54, 1.807) is 7.11 Å². The van der Waals surface area contributed by atoms with E-state index in [9.17, 15) is 10.1 Å². The Bertz CT molecular complexity index is 1380. The molecule has 0 bridgehead atoms. The number of nitriles is 1. The van der Waals surface area contributed by atoms with E-state index in [-0.39, 0.29) is 5.91 Å². The molecule has 0 aliphatic rings. The van der Waals surface area contributed by atoms with Gasteiger partial charge in [0.15, 0.2) is 0 Å². The molecule has 1 unspecified atom stereocenters. The number of anilines is 1. The topological polar surface area (TPSA) is 75.0 Å². The highest BCUT2D eigenvalue weighted by atomic mass is 32.2. The normalized spacial score (nSPS) is 11.4. The largest absolute Gasteiger partial charge is 0.497 e. The average Bonchev–Trinajstić information content (AvgIpc) is 2.88. The Morgan fingerprint density at radius 1 is 1.00 bits per heavy atom. The maximum atomic E-state index is 13.0. The molecular formula is C29H25N3O2S. The van der Waals surface area contributed by atoms with Crippen molar-refractivity contribution >= 4 is 23.4 Å². The second-order valence-corrected chi connectivity index (χ2v) is 9.39. The molecule has 0 radical (unpaired) electrons. The number of pyridine rings is 1. The molecule has 1 heterocycles. The molecule has 0 saturated carbocycles. The first-order valence-electron chi connectivity index (χ1n) is 11.2. The van der Waals surface area contributed by atoms with Crippen LogP contribution >= 0.6 is 11.8 Å². The molecule has 3 aromatic carbocycles. The Labute approximate surface area is 209 Å². The van der Waals surface area contributed by atoms with Gasteiger partial charge in [-0.3, -0.25) is 4.79 Å². The molecule has 0 aliphatic carbocycles. The number of amides is 1. The highest BCUT2D eigenvalue weighted by molar-refractivity contribution is 8.00. The van der Waals surface area contributed by atoms with Crippen molar-refractivity contribution in [1.29, 1.82) is 5.26 Å². The van der Waals surface area contributed by atoms with Gasteiger partial charge in [0.05, 0.1) is 23.6 Å². The van der Waals surface area contributed by atoms with E-state index in [0.29, 0.717) is 10.6 Å². The van der Waals surface area contributed by atoms with Gasteiger partial charge in [-0.15, -0.1) is 0 Å². The number of thioether (sulfide) groups is 1. The lowest BCUT2D eigenvalue weighted by Crippen LogP contribution is -2.22. The van der Waals surface area contributed by atoms with E-state index in [0.717, 1.165) is 39.4 Å². The van der Waals surface area contributed by atoms with Gasteiger partial charge in [0.2, 0.25) is 5.91 Å². The van der Waals surface area contributed by atoms with Crippen molar-refractivity contribution in [3.63, 3.8) is 0 Å². The molecule has 35 heavy (non-hydrogen) atoms. The molecule has 6 heteroatoms. The number of nitrogens with zero attached hydrogens (tertiary/aromatic N) is 2. The molecule has 0 saturated heterocycles. The number of carbonyl (C=O) groups excluding carboxylic acids is 1. The van der Waals surface area contributed by atoms with Crippen LogP contribution < -0.4 is 10.1 Å². The van der Waals surface area contributed by atoms with Gasteiger partial charge in [0, 0.05) is 16.8 Å². The van der Waals surface area contributed by atoms with Crippen LogP contribution in [-0.2, 0) is 4.79 Å². The maximum Gasteiger partial charge on any atom is 0.237 e. The Hall–Kier alpha value is -4.08. The molecule has 1 atom stereocenters. The Morgan fingerprint density at radius 3 is 2.40 bits per heavy atom. The van der Waals surface area contributed by atoms with E-state index >= 15 is 0 Å². The number of methoxy groups -OCH3 is 1. The number of carbonyl (C=O) groups is 1. The summed E-state index contributed by atoms with van der Waals surface area (Å²) in [6.45, 7) is 3.80. The number of benzene rings is 3. The summed E-state index contributed by atoms with van der Waals surface area (Å²) in [5.74, 6) is 0.586. The van der Waals surface area contributed by atoms with Crippen LogP contribution in [-0.4, -0.2) is 23.3 Å². The Balaban J connectivity index is 1.73. The predicted octanol–water partition coefficient (Wildman–Crippen LogP) is 6.72. The second kappa shape index (κ2) is 10.9. The minimum absolute atomic E-state index is 0.151. The van der Waals surface area contributed by atoms with E-state index in [1.807, 2.05) is 98.8 Å². The summed E-state index contributed by atoms with van der Waals surface area (Å²) in [5, 5.41) is 13.1. The minimum Gasteiger partial charge on any atom is -0.497 e. The molecule has 0 aliphatic heterocycles. The zero-order valence-electron chi connectivity index (χ0n) is 19.8. The van der Waals surface area contributed by atoms with Gasteiger partial charge in [-0.2, -0.15) is 5.26 Å². The summed E-state index contributed by atoms with van der Waals surface area (Å²) in [6, 6.07) is 29.3. The van der Waals surface area contributed by atoms with Gasteiger partial charge in [0.25, 0.3) is 0 Å². The minimum atomic E-state index is -0.468.